The average Bonchev–Trinajstić information content (AvgIpc) is 3.22. The molecule has 1 aromatic heterocycles. The van der Waals surface area contributed by atoms with Crippen LogP contribution < -0.4 is 20.1 Å². The van der Waals surface area contributed by atoms with Crippen molar-refractivity contribution in [2.24, 2.45) is 4.99 Å². The minimum Gasteiger partial charge on any atom is -0.454 e. The first-order valence-corrected chi connectivity index (χ1v) is 9.15. The van der Waals surface area contributed by atoms with Crippen molar-refractivity contribution in [2.75, 3.05) is 12.1 Å². The Morgan fingerprint density at radius 2 is 1.93 bits per heavy atom. The van der Waals surface area contributed by atoms with E-state index < -0.39 is 0 Å². The number of nitrogens with zero attached hydrogens (tertiary/aromatic N) is 2. The van der Waals surface area contributed by atoms with Gasteiger partial charge in [0.2, 0.25) is 12.8 Å². The first-order chi connectivity index (χ1) is 14.2. The quantitative estimate of drug-likeness (QED) is 0.528. The third-order valence-electron chi connectivity index (χ3n) is 4.32. The number of hydrogen-bond donors (Lipinski definition) is 2. The maximum Gasteiger partial charge on any atom is 0.258 e. The molecule has 146 valence electrons. The Labute approximate surface area is 168 Å². The fraction of sp³-hybridized carbons (Fsp3) is 0.136. The van der Waals surface area contributed by atoms with Gasteiger partial charge in [0.15, 0.2) is 11.5 Å². The van der Waals surface area contributed by atoms with Gasteiger partial charge in [0, 0.05) is 23.6 Å². The standard InChI is InChI=1S/C22H20N4O3/c1-15-4-7-18(8-5-15)25-22(24-13-16-3-2-10-23-12-16)26-21(27)17-6-9-19-20(11-17)29-14-28-19/h2-12H,13-14H2,1H3,(H2,24,25,26,27). The molecule has 1 aliphatic heterocycles. The second-order valence-electron chi connectivity index (χ2n) is 6.54. The third kappa shape index (κ3) is 4.70. The lowest BCUT2D eigenvalue weighted by molar-refractivity contribution is 0.0976. The van der Waals surface area contributed by atoms with Gasteiger partial charge in [-0.15, -0.1) is 0 Å². The summed E-state index contributed by atoms with van der Waals surface area (Å²) in [5.74, 6) is 1.23. The number of anilines is 1. The van der Waals surface area contributed by atoms with Gasteiger partial charge in [-0.1, -0.05) is 23.8 Å². The zero-order valence-corrected chi connectivity index (χ0v) is 15.9. The molecule has 0 unspecified atom stereocenters. The van der Waals surface area contributed by atoms with Gasteiger partial charge < -0.3 is 14.8 Å². The van der Waals surface area contributed by atoms with Crippen LogP contribution in [-0.2, 0) is 6.54 Å². The summed E-state index contributed by atoms with van der Waals surface area (Å²) in [6.07, 6.45) is 3.45. The smallest absolute Gasteiger partial charge is 0.258 e. The normalized spacial score (nSPS) is 12.5. The molecule has 0 bridgehead atoms. The Kier molecular flexibility index (Phi) is 5.38. The summed E-state index contributed by atoms with van der Waals surface area (Å²) in [5, 5.41) is 6.01. The number of aromatic nitrogens is 1. The zero-order valence-electron chi connectivity index (χ0n) is 15.9. The van der Waals surface area contributed by atoms with Crippen LogP contribution in [0.25, 0.3) is 0 Å². The molecule has 3 aromatic rings. The van der Waals surface area contributed by atoms with E-state index in [0.717, 1.165) is 16.8 Å². The van der Waals surface area contributed by atoms with Crippen molar-refractivity contribution in [3.05, 3.63) is 83.7 Å². The number of carbonyl (C=O) groups excluding carboxylic acids is 1. The van der Waals surface area contributed by atoms with Gasteiger partial charge in [-0.05, 0) is 48.9 Å². The lowest BCUT2D eigenvalue weighted by Crippen LogP contribution is -2.36. The summed E-state index contributed by atoms with van der Waals surface area (Å²) in [7, 11) is 0. The lowest BCUT2D eigenvalue weighted by atomic mass is 10.2. The first-order valence-electron chi connectivity index (χ1n) is 9.15. The van der Waals surface area contributed by atoms with Gasteiger partial charge in [0.25, 0.3) is 5.91 Å². The fourth-order valence-corrected chi connectivity index (χ4v) is 2.76. The highest BCUT2D eigenvalue weighted by Crippen LogP contribution is 2.32. The van der Waals surface area contributed by atoms with E-state index in [0.29, 0.717) is 29.6 Å². The predicted molar refractivity (Wildman–Crippen MR) is 110 cm³/mol. The van der Waals surface area contributed by atoms with Crippen LogP contribution in [0.3, 0.4) is 0 Å². The molecule has 0 atom stereocenters. The average molecular weight is 388 g/mol. The number of aliphatic imine (C=N–C) groups is 1. The highest BCUT2D eigenvalue weighted by Gasteiger charge is 2.17. The molecular weight excluding hydrogens is 368 g/mol. The minimum absolute atomic E-state index is 0.160. The van der Waals surface area contributed by atoms with Crippen LogP contribution in [0, 0.1) is 6.92 Å². The summed E-state index contributed by atoms with van der Waals surface area (Å²) in [4.78, 5) is 21.4. The van der Waals surface area contributed by atoms with Crippen LogP contribution in [-0.4, -0.2) is 23.6 Å². The van der Waals surface area contributed by atoms with E-state index >= 15 is 0 Å². The molecule has 0 fully saturated rings. The molecule has 0 saturated heterocycles. The van der Waals surface area contributed by atoms with E-state index in [1.165, 1.54) is 0 Å². The van der Waals surface area contributed by atoms with Gasteiger partial charge in [-0.3, -0.25) is 15.1 Å². The summed E-state index contributed by atoms with van der Waals surface area (Å²) in [6.45, 7) is 2.55. The van der Waals surface area contributed by atoms with Gasteiger partial charge in [-0.2, -0.15) is 0 Å². The summed E-state index contributed by atoms with van der Waals surface area (Å²) in [5.41, 5.74) is 3.36. The molecular formula is C22H20N4O3. The van der Waals surface area contributed by atoms with Crippen LogP contribution >= 0.6 is 0 Å². The van der Waals surface area contributed by atoms with Crippen molar-refractivity contribution < 1.29 is 14.3 Å². The van der Waals surface area contributed by atoms with E-state index in [1.54, 1.807) is 30.6 Å². The highest BCUT2D eigenvalue weighted by atomic mass is 16.7. The van der Waals surface area contributed by atoms with E-state index in [9.17, 15) is 4.79 Å². The molecule has 2 N–H and O–H groups in total. The largest absolute Gasteiger partial charge is 0.454 e. The second kappa shape index (κ2) is 8.43. The molecule has 0 radical (unpaired) electrons. The zero-order chi connectivity index (χ0) is 20.1. The van der Waals surface area contributed by atoms with Crippen molar-refractivity contribution in [3.8, 4) is 11.5 Å². The number of rotatable bonds is 4. The second-order valence-corrected chi connectivity index (χ2v) is 6.54. The molecule has 29 heavy (non-hydrogen) atoms. The van der Waals surface area contributed by atoms with Crippen LogP contribution in [0.5, 0.6) is 11.5 Å². The Hall–Kier alpha value is -3.87. The molecule has 0 spiro atoms. The number of amides is 1. The number of nitrogens with one attached hydrogen (secondary N) is 2. The van der Waals surface area contributed by atoms with Crippen molar-refractivity contribution in [3.63, 3.8) is 0 Å². The number of carbonyl (C=O) groups is 1. The van der Waals surface area contributed by atoms with E-state index in [4.69, 9.17) is 9.47 Å². The number of ether oxygens (including phenoxy) is 2. The minimum atomic E-state index is -0.298. The SMILES string of the molecule is Cc1ccc(NC(=NCc2cccnc2)NC(=O)c2ccc3c(c2)OCO3)cc1. The molecule has 1 aliphatic rings. The topological polar surface area (TPSA) is 84.8 Å². The number of aryl methyl sites for hydroxylation is 1. The van der Waals surface area contributed by atoms with Crippen molar-refractivity contribution >= 4 is 17.6 Å². The van der Waals surface area contributed by atoms with Gasteiger partial charge in [-0.25, -0.2) is 4.99 Å². The molecule has 1 amide bonds. The highest BCUT2D eigenvalue weighted by molar-refractivity contribution is 6.10. The molecule has 0 saturated carbocycles. The fourth-order valence-electron chi connectivity index (χ4n) is 2.76. The predicted octanol–water partition coefficient (Wildman–Crippen LogP) is 3.52. The molecule has 7 heteroatoms. The van der Waals surface area contributed by atoms with Crippen LogP contribution in [0.15, 0.2) is 72.0 Å². The molecule has 2 heterocycles. The van der Waals surface area contributed by atoms with Crippen LogP contribution in [0.2, 0.25) is 0 Å². The maximum atomic E-state index is 12.8. The summed E-state index contributed by atoms with van der Waals surface area (Å²) >= 11 is 0. The van der Waals surface area contributed by atoms with Crippen molar-refractivity contribution in [1.82, 2.24) is 10.3 Å². The van der Waals surface area contributed by atoms with Crippen LogP contribution in [0.1, 0.15) is 21.5 Å². The van der Waals surface area contributed by atoms with Gasteiger partial charge in [0.1, 0.15) is 0 Å². The number of fused-ring (bicyclic) bond motifs is 1. The van der Waals surface area contributed by atoms with Gasteiger partial charge >= 0.3 is 0 Å². The molecule has 4 rings (SSSR count). The van der Waals surface area contributed by atoms with Crippen molar-refractivity contribution in [2.45, 2.75) is 13.5 Å². The summed E-state index contributed by atoms with van der Waals surface area (Å²) < 4.78 is 10.6. The monoisotopic (exact) mass is 388 g/mol. The Bertz CT molecular complexity index is 1030. The number of benzene rings is 2. The Morgan fingerprint density at radius 1 is 1.10 bits per heavy atom. The van der Waals surface area contributed by atoms with E-state index in [2.05, 4.69) is 20.6 Å². The Balaban J connectivity index is 1.53. The number of guanidine groups is 1. The number of hydrogen-bond acceptors (Lipinski definition) is 5. The number of pyridine rings is 1. The van der Waals surface area contributed by atoms with Gasteiger partial charge in [0.05, 0.1) is 6.54 Å². The van der Waals surface area contributed by atoms with Crippen molar-refractivity contribution in [1.29, 1.82) is 0 Å². The first kappa shape index (κ1) is 18.5. The van der Waals surface area contributed by atoms with E-state index in [-0.39, 0.29) is 12.7 Å². The van der Waals surface area contributed by atoms with Crippen LogP contribution in [0.4, 0.5) is 5.69 Å². The summed E-state index contributed by atoms with van der Waals surface area (Å²) in [6, 6.07) is 16.7. The Morgan fingerprint density at radius 3 is 2.72 bits per heavy atom. The lowest BCUT2D eigenvalue weighted by Gasteiger charge is -2.12. The molecule has 0 aliphatic carbocycles. The maximum absolute atomic E-state index is 12.8. The molecule has 7 nitrogen and oxygen atoms in total. The van der Waals surface area contributed by atoms with E-state index in [1.807, 2.05) is 43.3 Å². The molecule has 2 aromatic carbocycles. The third-order valence-corrected chi connectivity index (χ3v) is 4.32.